The zero-order chi connectivity index (χ0) is 13.8. The molecule has 3 heteroatoms. The summed E-state index contributed by atoms with van der Waals surface area (Å²) in [5, 5.41) is 3.56. The van der Waals surface area contributed by atoms with Crippen LogP contribution in [0.3, 0.4) is 0 Å². The van der Waals surface area contributed by atoms with Crippen LogP contribution >= 0.6 is 0 Å². The molecule has 1 saturated heterocycles. The lowest BCUT2D eigenvalue weighted by atomic mass is 10.0. The maximum Gasteiger partial charge on any atom is 0.119 e. The van der Waals surface area contributed by atoms with E-state index in [0.717, 1.165) is 18.9 Å². The first kappa shape index (κ1) is 14.4. The average Bonchev–Trinajstić information content (AvgIpc) is 2.39. The Labute approximate surface area is 116 Å². The van der Waals surface area contributed by atoms with Crippen molar-refractivity contribution in [2.75, 3.05) is 13.2 Å². The van der Waals surface area contributed by atoms with Gasteiger partial charge in [0.15, 0.2) is 0 Å². The summed E-state index contributed by atoms with van der Waals surface area (Å²) in [6, 6.07) is 8.71. The van der Waals surface area contributed by atoms with E-state index in [2.05, 4.69) is 31.3 Å². The number of nitrogens with one attached hydrogen (secondary N) is 1. The van der Waals surface area contributed by atoms with Crippen molar-refractivity contribution in [1.82, 2.24) is 5.32 Å². The van der Waals surface area contributed by atoms with Gasteiger partial charge < -0.3 is 14.8 Å². The van der Waals surface area contributed by atoms with Crippen LogP contribution in [0.5, 0.6) is 5.75 Å². The van der Waals surface area contributed by atoms with E-state index in [9.17, 15) is 0 Å². The van der Waals surface area contributed by atoms with Gasteiger partial charge in [-0.05, 0) is 37.5 Å². The molecule has 0 saturated carbocycles. The molecule has 106 valence electrons. The fraction of sp³-hybridized carbons (Fsp3) is 0.625. The number of benzene rings is 1. The van der Waals surface area contributed by atoms with Crippen LogP contribution in [0.15, 0.2) is 24.3 Å². The van der Waals surface area contributed by atoms with Crippen LogP contribution in [0.25, 0.3) is 0 Å². The third-order valence-corrected chi connectivity index (χ3v) is 3.47. The quantitative estimate of drug-likeness (QED) is 0.905. The molecule has 0 aromatic heterocycles. The van der Waals surface area contributed by atoms with E-state index in [1.165, 1.54) is 5.56 Å². The van der Waals surface area contributed by atoms with Crippen molar-refractivity contribution in [3.63, 3.8) is 0 Å². The van der Waals surface area contributed by atoms with Gasteiger partial charge in [-0.3, -0.25) is 0 Å². The minimum Gasteiger partial charge on any atom is -0.491 e. The molecule has 3 nitrogen and oxygen atoms in total. The summed E-state index contributed by atoms with van der Waals surface area (Å²) in [7, 11) is 0. The van der Waals surface area contributed by atoms with E-state index in [1.807, 2.05) is 26.0 Å². The largest absolute Gasteiger partial charge is 0.491 e. The number of hydrogen-bond donors (Lipinski definition) is 1. The number of ether oxygens (including phenoxy) is 2. The van der Waals surface area contributed by atoms with Gasteiger partial charge >= 0.3 is 0 Å². The minimum atomic E-state index is 0.156. The standard InChI is InChI=1S/C16H25NO2/c1-11(2)15-10-18-16(9-17-15)13-5-7-14(8-6-13)19-12(3)4/h5-8,11-12,15-17H,9-10H2,1-4H3. The summed E-state index contributed by atoms with van der Waals surface area (Å²) in [5.74, 6) is 1.53. The highest BCUT2D eigenvalue weighted by molar-refractivity contribution is 5.29. The zero-order valence-electron chi connectivity index (χ0n) is 12.3. The van der Waals surface area contributed by atoms with Crippen LogP contribution in [0.4, 0.5) is 0 Å². The maximum absolute atomic E-state index is 5.96. The van der Waals surface area contributed by atoms with Gasteiger partial charge in [0.1, 0.15) is 5.75 Å². The van der Waals surface area contributed by atoms with Crippen LogP contribution in [-0.2, 0) is 4.74 Å². The summed E-state index contributed by atoms with van der Waals surface area (Å²) in [6.45, 7) is 10.2. The second-order valence-electron chi connectivity index (χ2n) is 5.82. The Morgan fingerprint density at radius 3 is 2.32 bits per heavy atom. The van der Waals surface area contributed by atoms with Crippen LogP contribution in [-0.4, -0.2) is 25.3 Å². The third-order valence-electron chi connectivity index (χ3n) is 3.47. The van der Waals surface area contributed by atoms with Crippen molar-refractivity contribution in [3.8, 4) is 5.75 Å². The molecule has 2 unspecified atom stereocenters. The van der Waals surface area contributed by atoms with Crippen molar-refractivity contribution in [2.24, 2.45) is 5.92 Å². The van der Waals surface area contributed by atoms with Crippen LogP contribution in [0.1, 0.15) is 39.4 Å². The normalized spacial score (nSPS) is 23.9. The Morgan fingerprint density at radius 1 is 1.16 bits per heavy atom. The molecule has 0 bridgehead atoms. The summed E-state index contributed by atoms with van der Waals surface area (Å²) >= 11 is 0. The Kier molecular flexibility index (Phi) is 4.83. The van der Waals surface area contributed by atoms with Crippen LogP contribution in [0.2, 0.25) is 0 Å². The summed E-state index contributed by atoms with van der Waals surface area (Å²) in [6.07, 6.45) is 0.369. The lowest BCUT2D eigenvalue weighted by Crippen LogP contribution is -2.45. The Hall–Kier alpha value is -1.06. The maximum atomic E-state index is 5.96. The number of morpholine rings is 1. The molecule has 19 heavy (non-hydrogen) atoms. The molecule has 2 rings (SSSR count). The van der Waals surface area contributed by atoms with Crippen molar-refractivity contribution >= 4 is 0 Å². The molecule has 1 aliphatic rings. The van der Waals surface area contributed by atoms with Gasteiger partial charge in [0, 0.05) is 12.6 Å². The molecule has 1 aromatic rings. The van der Waals surface area contributed by atoms with Crippen molar-refractivity contribution in [2.45, 2.75) is 45.9 Å². The van der Waals surface area contributed by atoms with E-state index in [0.29, 0.717) is 12.0 Å². The first-order valence-electron chi connectivity index (χ1n) is 7.18. The van der Waals surface area contributed by atoms with Crippen molar-refractivity contribution < 1.29 is 9.47 Å². The third kappa shape index (κ3) is 3.95. The molecule has 2 atom stereocenters. The monoisotopic (exact) mass is 263 g/mol. The molecule has 0 spiro atoms. The molecular formula is C16H25NO2. The summed E-state index contributed by atoms with van der Waals surface area (Å²) < 4.78 is 11.6. The van der Waals surface area contributed by atoms with Gasteiger partial charge in [-0.25, -0.2) is 0 Å². The summed E-state index contributed by atoms with van der Waals surface area (Å²) in [5.41, 5.74) is 1.21. The first-order valence-corrected chi connectivity index (χ1v) is 7.18. The average molecular weight is 263 g/mol. The second kappa shape index (κ2) is 6.40. The fourth-order valence-corrected chi connectivity index (χ4v) is 2.27. The van der Waals surface area contributed by atoms with E-state index in [1.54, 1.807) is 0 Å². The number of rotatable bonds is 4. The molecule has 1 aromatic carbocycles. The highest BCUT2D eigenvalue weighted by atomic mass is 16.5. The lowest BCUT2D eigenvalue weighted by Gasteiger charge is -2.32. The predicted molar refractivity (Wildman–Crippen MR) is 77.5 cm³/mol. The Morgan fingerprint density at radius 2 is 1.84 bits per heavy atom. The van der Waals surface area contributed by atoms with E-state index in [-0.39, 0.29) is 12.2 Å². The van der Waals surface area contributed by atoms with Gasteiger partial charge in [0.2, 0.25) is 0 Å². The zero-order valence-corrected chi connectivity index (χ0v) is 12.3. The smallest absolute Gasteiger partial charge is 0.119 e. The predicted octanol–water partition coefficient (Wildman–Crippen LogP) is 3.16. The van der Waals surface area contributed by atoms with Crippen LogP contribution < -0.4 is 10.1 Å². The summed E-state index contributed by atoms with van der Waals surface area (Å²) in [4.78, 5) is 0. The fourth-order valence-electron chi connectivity index (χ4n) is 2.27. The Balaban J connectivity index is 1.92. The Bertz CT molecular complexity index is 378. The highest BCUT2D eigenvalue weighted by Crippen LogP contribution is 2.24. The molecule has 1 aliphatic heterocycles. The van der Waals surface area contributed by atoms with Gasteiger partial charge in [0.05, 0.1) is 18.8 Å². The van der Waals surface area contributed by atoms with Crippen molar-refractivity contribution in [1.29, 1.82) is 0 Å². The molecule has 0 aliphatic carbocycles. The van der Waals surface area contributed by atoms with Gasteiger partial charge in [0.25, 0.3) is 0 Å². The molecule has 1 fully saturated rings. The molecule has 1 N–H and O–H groups in total. The lowest BCUT2D eigenvalue weighted by molar-refractivity contribution is -0.00713. The molecular weight excluding hydrogens is 238 g/mol. The molecule has 0 amide bonds. The van der Waals surface area contributed by atoms with Gasteiger partial charge in [-0.2, -0.15) is 0 Å². The van der Waals surface area contributed by atoms with Gasteiger partial charge in [-0.15, -0.1) is 0 Å². The highest BCUT2D eigenvalue weighted by Gasteiger charge is 2.24. The van der Waals surface area contributed by atoms with Gasteiger partial charge in [-0.1, -0.05) is 26.0 Å². The minimum absolute atomic E-state index is 0.156. The van der Waals surface area contributed by atoms with E-state index >= 15 is 0 Å². The SMILES string of the molecule is CC(C)Oc1ccc(C2CNC(C(C)C)CO2)cc1. The number of hydrogen-bond acceptors (Lipinski definition) is 3. The van der Waals surface area contributed by atoms with Crippen molar-refractivity contribution in [3.05, 3.63) is 29.8 Å². The molecule has 1 heterocycles. The van der Waals surface area contributed by atoms with Crippen LogP contribution in [0, 0.1) is 5.92 Å². The first-order chi connectivity index (χ1) is 9.06. The molecule has 0 radical (unpaired) electrons. The van der Waals surface area contributed by atoms with E-state index in [4.69, 9.17) is 9.47 Å². The topological polar surface area (TPSA) is 30.5 Å². The second-order valence-corrected chi connectivity index (χ2v) is 5.82. The van der Waals surface area contributed by atoms with E-state index < -0.39 is 0 Å².